The molecule has 0 aromatic carbocycles. The van der Waals surface area contributed by atoms with Gasteiger partial charge < -0.3 is 5.32 Å². The fourth-order valence-corrected chi connectivity index (χ4v) is 3.06. The Kier molecular flexibility index (Phi) is 4.12. The van der Waals surface area contributed by atoms with Gasteiger partial charge >= 0.3 is 0 Å². The van der Waals surface area contributed by atoms with E-state index in [1.165, 1.54) is 0 Å². The van der Waals surface area contributed by atoms with Crippen molar-refractivity contribution in [1.29, 1.82) is 0 Å². The standard InChI is InChI=1S/C12H14BrN3S/c1-3-10-15-9(7-11(16-10)14-4-2)12-8(13)5-6-17-12/h5-7H,3-4H2,1-2H3,(H,14,15,16). The van der Waals surface area contributed by atoms with E-state index in [9.17, 15) is 0 Å². The molecule has 0 radical (unpaired) electrons. The van der Waals surface area contributed by atoms with Crippen LogP contribution in [-0.2, 0) is 6.42 Å². The van der Waals surface area contributed by atoms with Crippen LogP contribution in [0, 0.1) is 0 Å². The third-order valence-corrected chi connectivity index (χ3v) is 4.16. The second-order valence-electron chi connectivity index (χ2n) is 3.54. The van der Waals surface area contributed by atoms with Gasteiger partial charge in [-0.15, -0.1) is 11.3 Å². The number of halogens is 1. The van der Waals surface area contributed by atoms with E-state index in [-0.39, 0.29) is 0 Å². The Hall–Kier alpha value is -0.940. The molecule has 0 atom stereocenters. The molecule has 0 fully saturated rings. The molecule has 0 unspecified atom stereocenters. The van der Waals surface area contributed by atoms with Gasteiger partial charge in [0.1, 0.15) is 11.6 Å². The Morgan fingerprint density at radius 1 is 1.35 bits per heavy atom. The SMILES string of the molecule is CCNc1cc(-c2sccc2Br)nc(CC)n1. The zero-order valence-electron chi connectivity index (χ0n) is 9.83. The topological polar surface area (TPSA) is 37.8 Å². The number of anilines is 1. The summed E-state index contributed by atoms with van der Waals surface area (Å²) in [7, 11) is 0. The van der Waals surface area contributed by atoms with Crippen molar-refractivity contribution in [3.05, 3.63) is 27.8 Å². The van der Waals surface area contributed by atoms with Crippen LogP contribution in [0.2, 0.25) is 0 Å². The van der Waals surface area contributed by atoms with Gasteiger partial charge in [0, 0.05) is 23.5 Å². The minimum absolute atomic E-state index is 0.842. The highest BCUT2D eigenvalue weighted by Crippen LogP contribution is 2.33. The van der Waals surface area contributed by atoms with Gasteiger partial charge in [-0.1, -0.05) is 6.92 Å². The van der Waals surface area contributed by atoms with Crippen molar-refractivity contribution in [2.75, 3.05) is 11.9 Å². The summed E-state index contributed by atoms with van der Waals surface area (Å²) in [6.07, 6.45) is 0.842. The van der Waals surface area contributed by atoms with E-state index >= 15 is 0 Å². The van der Waals surface area contributed by atoms with Crippen LogP contribution in [0.1, 0.15) is 19.7 Å². The summed E-state index contributed by atoms with van der Waals surface area (Å²) in [5.74, 6) is 1.77. The van der Waals surface area contributed by atoms with Crippen molar-refractivity contribution in [2.24, 2.45) is 0 Å². The van der Waals surface area contributed by atoms with Gasteiger partial charge in [0.25, 0.3) is 0 Å². The third kappa shape index (κ3) is 2.84. The molecule has 2 rings (SSSR count). The quantitative estimate of drug-likeness (QED) is 0.928. The maximum atomic E-state index is 4.57. The molecular weight excluding hydrogens is 298 g/mol. The molecule has 1 N–H and O–H groups in total. The van der Waals surface area contributed by atoms with Crippen LogP contribution in [0.15, 0.2) is 22.0 Å². The summed E-state index contributed by atoms with van der Waals surface area (Å²) in [5, 5.41) is 5.30. The number of nitrogens with zero attached hydrogens (tertiary/aromatic N) is 2. The van der Waals surface area contributed by atoms with Crippen molar-refractivity contribution in [1.82, 2.24) is 9.97 Å². The molecule has 0 saturated heterocycles. The summed E-state index contributed by atoms with van der Waals surface area (Å²) < 4.78 is 1.09. The maximum absolute atomic E-state index is 4.57. The van der Waals surface area contributed by atoms with Gasteiger partial charge in [0.15, 0.2) is 0 Å². The van der Waals surface area contributed by atoms with E-state index in [1.54, 1.807) is 11.3 Å². The van der Waals surface area contributed by atoms with Crippen LogP contribution in [0.25, 0.3) is 10.6 Å². The Bertz CT molecular complexity index is 510. The lowest BCUT2D eigenvalue weighted by Crippen LogP contribution is -2.03. The summed E-state index contributed by atoms with van der Waals surface area (Å²) >= 11 is 5.23. The molecule has 17 heavy (non-hydrogen) atoms. The van der Waals surface area contributed by atoms with Gasteiger partial charge in [0.2, 0.25) is 0 Å². The molecule has 2 aromatic rings. The first-order valence-electron chi connectivity index (χ1n) is 5.59. The van der Waals surface area contributed by atoms with E-state index in [2.05, 4.69) is 50.4 Å². The molecule has 0 aliphatic carbocycles. The smallest absolute Gasteiger partial charge is 0.131 e. The molecule has 0 aliphatic heterocycles. The average molecular weight is 312 g/mol. The number of aromatic nitrogens is 2. The molecule has 90 valence electrons. The van der Waals surface area contributed by atoms with Crippen molar-refractivity contribution in [2.45, 2.75) is 20.3 Å². The van der Waals surface area contributed by atoms with Gasteiger partial charge in [-0.05, 0) is 34.3 Å². The highest BCUT2D eigenvalue weighted by atomic mass is 79.9. The fourth-order valence-electron chi connectivity index (χ4n) is 1.52. The monoisotopic (exact) mass is 311 g/mol. The zero-order valence-corrected chi connectivity index (χ0v) is 12.2. The van der Waals surface area contributed by atoms with E-state index in [0.29, 0.717) is 0 Å². The van der Waals surface area contributed by atoms with Crippen LogP contribution in [-0.4, -0.2) is 16.5 Å². The summed E-state index contributed by atoms with van der Waals surface area (Å²) in [5.41, 5.74) is 0.981. The van der Waals surface area contributed by atoms with Gasteiger partial charge in [-0.3, -0.25) is 0 Å². The average Bonchev–Trinajstić information content (AvgIpc) is 2.75. The predicted octanol–water partition coefficient (Wildman–Crippen LogP) is 3.96. The highest BCUT2D eigenvalue weighted by molar-refractivity contribution is 9.10. The number of hydrogen-bond donors (Lipinski definition) is 1. The van der Waals surface area contributed by atoms with Crippen LogP contribution < -0.4 is 5.32 Å². The number of hydrogen-bond acceptors (Lipinski definition) is 4. The number of aryl methyl sites for hydroxylation is 1. The van der Waals surface area contributed by atoms with E-state index in [1.807, 2.05) is 12.1 Å². The molecule has 0 saturated carbocycles. The van der Waals surface area contributed by atoms with E-state index < -0.39 is 0 Å². The second kappa shape index (κ2) is 5.60. The van der Waals surface area contributed by atoms with E-state index in [4.69, 9.17) is 0 Å². The zero-order chi connectivity index (χ0) is 12.3. The normalized spacial score (nSPS) is 10.5. The van der Waals surface area contributed by atoms with Gasteiger partial charge in [-0.2, -0.15) is 0 Å². The summed E-state index contributed by atoms with van der Waals surface area (Å²) in [6.45, 7) is 5.00. The molecule has 0 bridgehead atoms. The highest BCUT2D eigenvalue weighted by Gasteiger charge is 2.09. The molecule has 0 spiro atoms. The van der Waals surface area contributed by atoms with Crippen LogP contribution >= 0.6 is 27.3 Å². The fraction of sp³-hybridized carbons (Fsp3) is 0.333. The minimum Gasteiger partial charge on any atom is -0.370 e. The first kappa shape index (κ1) is 12.5. The molecule has 0 aliphatic rings. The largest absolute Gasteiger partial charge is 0.370 e. The minimum atomic E-state index is 0.842. The van der Waals surface area contributed by atoms with Crippen LogP contribution in [0.5, 0.6) is 0 Å². The van der Waals surface area contributed by atoms with Crippen LogP contribution in [0.3, 0.4) is 0 Å². The summed E-state index contributed by atoms with van der Waals surface area (Å²) in [6, 6.07) is 4.04. The lowest BCUT2D eigenvalue weighted by molar-refractivity contribution is 0.940. The molecular formula is C12H14BrN3S. The van der Waals surface area contributed by atoms with Crippen molar-refractivity contribution >= 4 is 33.1 Å². The molecule has 2 heterocycles. The number of nitrogens with one attached hydrogen (secondary N) is 1. The Labute approximate surface area is 113 Å². The van der Waals surface area contributed by atoms with Crippen molar-refractivity contribution in [3.63, 3.8) is 0 Å². The number of rotatable bonds is 4. The summed E-state index contributed by atoms with van der Waals surface area (Å²) in [4.78, 5) is 10.2. The lowest BCUT2D eigenvalue weighted by atomic mass is 10.3. The second-order valence-corrected chi connectivity index (χ2v) is 5.31. The molecule has 0 amide bonds. The van der Waals surface area contributed by atoms with Gasteiger partial charge in [-0.25, -0.2) is 9.97 Å². The first-order chi connectivity index (χ1) is 8.24. The third-order valence-electron chi connectivity index (χ3n) is 2.30. The first-order valence-corrected chi connectivity index (χ1v) is 7.27. The molecule has 5 heteroatoms. The molecule has 3 nitrogen and oxygen atoms in total. The lowest BCUT2D eigenvalue weighted by Gasteiger charge is -2.07. The Morgan fingerprint density at radius 3 is 2.76 bits per heavy atom. The van der Waals surface area contributed by atoms with Crippen molar-refractivity contribution in [3.8, 4) is 10.6 Å². The maximum Gasteiger partial charge on any atom is 0.131 e. The Morgan fingerprint density at radius 2 is 2.18 bits per heavy atom. The Balaban J connectivity index is 2.46. The predicted molar refractivity (Wildman–Crippen MR) is 76.6 cm³/mol. The van der Waals surface area contributed by atoms with Crippen LogP contribution in [0.4, 0.5) is 5.82 Å². The van der Waals surface area contributed by atoms with Gasteiger partial charge in [0.05, 0.1) is 10.6 Å². The molecule has 2 aromatic heterocycles. The van der Waals surface area contributed by atoms with Crippen molar-refractivity contribution < 1.29 is 0 Å². The van der Waals surface area contributed by atoms with E-state index in [0.717, 1.165) is 39.7 Å². The number of thiophene rings is 1.